The average molecular weight is 351 g/mol. The third-order valence-electron chi connectivity index (χ3n) is 3.55. The number of fused-ring (bicyclic) bond motifs is 1. The van der Waals surface area contributed by atoms with E-state index in [-0.39, 0.29) is 18.3 Å². The summed E-state index contributed by atoms with van der Waals surface area (Å²) in [5.41, 5.74) is 8.06. The van der Waals surface area contributed by atoms with Gasteiger partial charge in [0.1, 0.15) is 16.2 Å². The molecule has 1 saturated carbocycles. The molecule has 23 heavy (non-hydrogen) atoms. The van der Waals surface area contributed by atoms with Gasteiger partial charge in [-0.2, -0.15) is 0 Å². The van der Waals surface area contributed by atoms with Gasteiger partial charge >= 0.3 is 0 Å². The lowest BCUT2D eigenvalue weighted by atomic mass is 10.3. The fourth-order valence-corrected chi connectivity index (χ4v) is 2.88. The van der Waals surface area contributed by atoms with Crippen molar-refractivity contribution in [3.63, 3.8) is 0 Å². The third kappa shape index (κ3) is 3.21. The Bertz CT molecular complexity index is 856. The predicted octanol–water partition coefficient (Wildman–Crippen LogP) is 3.29. The summed E-state index contributed by atoms with van der Waals surface area (Å²) >= 11 is 1.38. The van der Waals surface area contributed by atoms with Gasteiger partial charge in [0.25, 0.3) is 5.91 Å². The Morgan fingerprint density at radius 3 is 2.91 bits per heavy atom. The van der Waals surface area contributed by atoms with E-state index in [0.717, 1.165) is 29.3 Å². The van der Waals surface area contributed by atoms with Crippen molar-refractivity contribution in [2.75, 3.05) is 5.32 Å². The van der Waals surface area contributed by atoms with Gasteiger partial charge in [0.2, 0.25) is 0 Å². The minimum absolute atomic E-state index is 0. The van der Waals surface area contributed by atoms with Crippen LogP contribution in [-0.2, 0) is 6.54 Å². The van der Waals surface area contributed by atoms with Crippen LogP contribution in [-0.4, -0.2) is 15.9 Å². The van der Waals surface area contributed by atoms with E-state index in [1.807, 2.05) is 12.1 Å². The van der Waals surface area contributed by atoms with E-state index in [9.17, 15) is 4.79 Å². The zero-order valence-electron chi connectivity index (χ0n) is 12.1. The number of aromatic nitrogens is 2. The number of nitrogens with two attached hydrogens (primary N) is 1. The standard InChI is InChI=1S/C15H14N4O2S.ClH/c16-6-13-18-11(7-22-13)14(20)17-9-3-4-10-12(5-9)21-15(19-10)8-1-2-8;/h3-5,7-8H,1-2,6,16H2,(H,17,20);1H. The molecule has 3 aromatic rings. The van der Waals surface area contributed by atoms with E-state index in [4.69, 9.17) is 10.2 Å². The number of benzene rings is 1. The predicted molar refractivity (Wildman–Crippen MR) is 91.2 cm³/mol. The molecule has 0 aliphatic heterocycles. The molecule has 2 heterocycles. The van der Waals surface area contributed by atoms with Crippen molar-refractivity contribution in [2.45, 2.75) is 25.3 Å². The Kier molecular flexibility index (Phi) is 4.34. The second-order valence-electron chi connectivity index (χ2n) is 5.29. The van der Waals surface area contributed by atoms with Gasteiger partial charge in [-0.15, -0.1) is 23.7 Å². The summed E-state index contributed by atoms with van der Waals surface area (Å²) in [6.07, 6.45) is 2.29. The zero-order valence-corrected chi connectivity index (χ0v) is 13.7. The molecule has 0 bridgehead atoms. The number of hydrogen-bond donors (Lipinski definition) is 2. The molecule has 4 rings (SSSR count). The average Bonchev–Trinajstić information content (AvgIpc) is 3.11. The van der Waals surface area contributed by atoms with Crippen LogP contribution in [0.3, 0.4) is 0 Å². The summed E-state index contributed by atoms with van der Waals surface area (Å²) < 4.78 is 5.75. The van der Waals surface area contributed by atoms with Crippen LogP contribution in [0.4, 0.5) is 5.69 Å². The Morgan fingerprint density at radius 2 is 2.22 bits per heavy atom. The molecular weight excluding hydrogens is 336 g/mol. The molecule has 8 heteroatoms. The molecule has 1 amide bonds. The highest BCUT2D eigenvalue weighted by molar-refractivity contribution is 7.09. The maximum Gasteiger partial charge on any atom is 0.275 e. The minimum atomic E-state index is -0.253. The van der Waals surface area contributed by atoms with E-state index in [0.29, 0.717) is 29.4 Å². The van der Waals surface area contributed by atoms with Gasteiger partial charge in [-0.1, -0.05) is 0 Å². The topological polar surface area (TPSA) is 94.0 Å². The van der Waals surface area contributed by atoms with Crippen molar-refractivity contribution in [3.05, 3.63) is 40.2 Å². The van der Waals surface area contributed by atoms with Crippen molar-refractivity contribution in [3.8, 4) is 0 Å². The number of hydrogen-bond acceptors (Lipinski definition) is 6. The van der Waals surface area contributed by atoms with Gasteiger partial charge in [-0.3, -0.25) is 4.79 Å². The molecular formula is C15H15ClN4O2S. The Labute approximate surface area is 142 Å². The lowest BCUT2D eigenvalue weighted by Gasteiger charge is -2.02. The Morgan fingerprint density at radius 1 is 1.39 bits per heavy atom. The number of thiazole rings is 1. The van der Waals surface area contributed by atoms with Gasteiger partial charge in [-0.05, 0) is 25.0 Å². The fraction of sp³-hybridized carbons (Fsp3) is 0.267. The molecule has 1 aliphatic carbocycles. The summed E-state index contributed by atoms with van der Waals surface area (Å²) in [6.45, 7) is 0.339. The summed E-state index contributed by atoms with van der Waals surface area (Å²) in [7, 11) is 0. The molecule has 3 N–H and O–H groups in total. The number of rotatable bonds is 4. The first-order valence-corrected chi connectivity index (χ1v) is 7.97. The van der Waals surface area contributed by atoms with Crippen LogP contribution in [0, 0.1) is 0 Å². The smallest absolute Gasteiger partial charge is 0.275 e. The first-order chi connectivity index (χ1) is 10.7. The van der Waals surface area contributed by atoms with E-state index < -0.39 is 0 Å². The summed E-state index contributed by atoms with van der Waals surface area (Å²) in [6, 6.07) is 5.46. The second kappa shape index (κ2) is 6.27. The number of anilines is 1. The summed E-state index contributed by atoms with van der Waals surface area (Å²) in [4.78, 5) is 20.8. The first-order valence-electron chi connectivity index (χ1n) is 7.09. The fourth-order valence-electron chi connectivity index (χ4n) is 2.23. The highest BCUT2D eigenvalue weighted by Crippen LogP contribution is 2.40. The number of nitrogens with zero attached hydrogens (tertiary/aromatic N) is 2. The van der Waals surface area contributed by atoms with Crippen molar-refractivity contribution in [2.24, 2.45) is 5.73 Å². The molecule has 2 aromatic heterocycles. The number of nitrogens with one attached hydrogen (secondary N) is 1. The van der Waals surface area contributed by atoms with Gasteiger partial charge < -0.3 is 15.5 Å². The second-order valence-corrected chi connectivity index (χ2v) is 6.24. The number of oxazole rings is 1. The van der Waals surface area contributed by atoms with Crippen molar-refractivity contribution >= 4 is 46.4 Å². The van der Waals surface area contributed by atoms with Crippen LogP contribution in [0.2, 0.25) is 0 Å². The van der Waals surface area contributed by atoms with Crippen molar-refractivity contribution < 1.29 is 9.21 Å². The van der Waals surface area contributed by atoms with Crippen LogP contribution < -0.4 is 11.1 Å². The van der Waals surface area contributed by atoms with Crippen molar-refractivity contribution in [1.29, 1.82) is 0 Å². The molecule has 1 aliphatic rings. The maximum atomic E-state index is 12.1. The summed E-state index contributed by atoms with van der Waals surface area (Å²) in [5.74, 6) is 1.01. The highest BCUT2D eigenvalue weighted by Gasteiger charge is 2.28. The van der Waals surface area contributed by atoms with Gasteiger partial charge in [0.15, 0.2) is 11.5 Å². The number of halogens is 1. The van der Waals surface area contributed by atoms with Gasteiger partial charge in [-0.25, -0.2) is 9.97 Å². The number of amides is 1. The lowest BCUT2D eigenvalue weighted by Crippen LogP contribution is -2.12. The van der Waals surface area contributed by atoms with Gasteiger partial charge in [0, 0.05) is 29.6 Å². The van der Waals surface area contributed by atoms with E-state index in [1.54, 1.807) is 11.4 Å². The van der Waals surface area contributed by atoms with E-state index >= 15 is 0 Å². The highest BCUT2D eigenvalue weighted by atomic mass is 35.5. The Hall–Kier alpha value is -1.96. The molecule has 0 unspecified atom stereocenters. The van der Waals surface area contributed by atoms with Crippen LogP contribution in [0.15, 0.2) is 28.0 Å². The molecule has 0 saturated heterocycles. The molecule has 0 spiro atoms. The van der Waals surface area contributed by atoms with Crippen LogP contribution >= 0.6 is 23.7 Å². The van der Waals surface area contributed by atoms with Gasteiger partial charge in [0.05, 0.1) is 0 Å². The van der Waals surface area contributed by atoms with Crippen molar-refractivity contribution in [1.82, 2.24) is 9.97 Å². The normalized spacial score (nSPS) is 13.8. The Balaban J connectivity index is 0.00000156. The monoisotopic (exact) mass is 350 g/mol. The molecule has 120 valence electrons. The molecule has 0 atom stereocenters. The van der Waals surface area contributed by atoms with E-state index in [1.165, 1.54) is 11.3 Å². The lowest BCUT2D eigenvalue weighted by molar-refractivity contribution is 0.102. The van der Waals surface area contributed by atoms with E-state index in [2.05, 4.69) is 15.3 Å². The number of carbonyl (C=O) groups is 1. The third-order valence-corrected chi connectivity index (χ3v) is 4.42. The number of carbonyl (C=O) groups excluding carboxylic acids is 1. The molecule has 1 fully saturated rings. The summed E-state index contributed by atoms with van der Waals surface area (Å²) in [5, 5.41) is 5.26. The molecule has 1 aromatic carbocycles. The van der Waals surface area contributed by atoms with Crippen LogP contribution in [0.25, 0.3) is 11.1 Å². The van der Waals surface area contributed by atoms with Crippen LogP contribution in [0.1, 0.15) is 40.1 Å². The SMILES string of the molecule is Cl.NCc1nc(C(=O)Nc2ccc3nc(C4CC4)oc3c2)cs1. The minimum Gasteiger partial charge on any atom is -0.440 e. The first kappa shape index (κ1) is 15.9. The molecule has 0 radical (unpaired) electrons. The zero-order chi connectivity index (χ0) is 15.1. The largest absolute Gasteiger partial charge is 0.440 e. The maximum absolute atomic E-state index is 12.1. The quantitative estimate of drug-likeness (QED) is 0.752. The van der Waals surface area contributed by atoms with Crippen LogP contribution in [0.5, 0.6) is 0 Å². The molecule has 6 nitrogen and oxygen atoms in total.